The van der Waals surface area contributed by atoms with E-state index in [4.69, 9.17) is 0 Å². The van der Waals surface area contributed by atoms with Crippen molar-refractivity contribution in [2.45, 2.75) is 38.3 Å². The number of hydrogen-bond donors (Lipinski definition) is 1. The summed E-state index contributed by atoms with van der Waals surface area (Å²) in [6.45, 7) is 4.65. The van der Waals surface area contributed by atoms with Gasteiger partial charge in [0.15, 0.2) is 5.82 Å². The third-order valence-electron chi connectivity index (χ3n) is 6.98. The fraction of sp³-hybridized carbons (Fsp3) is 0.458. The van der Waals surface area contributed by atoms with Gasteiger partial charge < -0.3 is 9.67 Å². The number of piperidine rings is 1. The lowest BCUT2D eigenvalue weighted by atomic mass is 9.65. The molecule has 0 unspecified atom stereocenters. The average Bonchev–Trinajstić information content (AvgIpc) is 3.16. The van der Waals surface area contributed by atoms with Crippen molar-refractivity contribution in [3.8, 4) is 11.4 Å². The summed E-state index contributed by atoms with van der Waals surface area (Å²) in [5, 5.41) is 11.7. The van der Waals surface area contributed by atoms with Crippen molar-refractivity contribution < 1.29 is 5.11 Å². The highest BCUT2D eigenvalue weighted by Gasteiger charge is 2.53. The number of imidazole rings is 1. The van der Waals surface area contributed by atoms with E-state index in [1.165, 1.54) is 12.0 Å². The normalized spacial score (nSPS) is 26.6. The van der Waals surface area contributed by atoms with E-state index in [0.29, 0.717) is 0 Å². The zero-order valence-corrected chi connectivity index (χ0v) is 17.7. The summed E-state index contributed by atoms with van der Waals surface area (Å²) >= 11 is 0. The fourth-order valence-corrected chi connectivity index (χ4v) is 5.45. The molecular weight excluding hydrogens is 374 g/mol. The highest BCUT2D eigenvalue weighted by atomic mass is 16.3. The Balaban J connectivity index is 1.33. The minimum absolute atomic E-state index is 0.207. The van der Waals surface area contributed by atoms with E-state index in [-0.39, 0.29) is 11.8 Å². The minimum atomic E-state index is -0.821. The Bertz CT molecular complexity index is 1010. The van der Waals surface area contributed by atoms with Gasteiger partial charge in [-0.25, -0.2) is 15.0 Å². The van der Waals surface area contributed by atoms with E-state index in [0.717, 1.165) is 55.3 Å². The Morgan fingerprint density at radius 1 is 1.07 bits per heavy atom. The average molecular weight is 404 g/mol. The molecule has 6 heteroatoms. The van der Waals surface area contributed by atoms with Gasteiger partial charge in [-0.05, 0) is 25.3 Å². The molecule has 1 aliphatic carbocycles. The summed E-state index contributed by atoms with van der Waals surface area (Å²) in [6.07, 6.45) is 10.9. The molecule has 2 fully saturated rings. The first-order valence-corrected chi connectivity index (χ1v) is 10.8. The Labute approximate surface area is 177 Å². The van der Waals surface area contributed by atoms with Gasteiger partial charge in [-0.1, -0.05) is 30.7 Å². The van der Waals surface area contributed by atoms with Crippen molar-refractivity contribution in [2.24, 2.45) is 18.9 Å². The van der Waals surface area contributed by atoms with Crippen molar-refractivity contribution in [3.05, 3.63) is 66.0 Å². The molecule has 1 saturated heterocycles. The van der Waals surface area contributed by atoms with Crippen molar-refractivity contribution in [3.63, 3.8) is 0 Å². The Morgan fingerprint density at radius 3 is 2.40 bits per heavy atom. The van der Waals surface area contributed by atoms with Crippen LogP contribution in [0.15, 0.2) is 49.1 Å². The van der Waals surface area contributed by atoms with Crippen LogP contribution in [0.25, 0.3) is 11.4 Å². The molecule has 0 spiro atoms. The van der Waals surface area contributed by atoms with Crippen molar-refractivity contribution in [2.75, 3.05) is 13.1 Å². The van der Waals surface area contributed by atoms with Crippen LogP contribution in [0.4, 0.5) is 0 Å². The van der Waals surface area contributed by atoms with E-state index < -0.39 is 5.60 Å². The largest absolute Gasteiger partial charge is 0.381 e. The molecule has 0 radical (unpaired) electrons. The van der Waals surface area contributed by atoms with E-state index in [9.17, 15) is 5.11 Å². The lowest BCUT2D eigenvalue weighted by Gasteiger charge is -2.52. The van der Waals surface area contributed by atoms with Gasteiger partial charge in [0.1, 0.15) is 11.4 Å². The molecule has 2 atom stereocenters. The minimum Gasteiger partial charge on any atom is -0.381 e. The van der Waals surface area contributed by atoms with E-state index in [2.05, 4.69) is 38.9 Å². The Morgan fingerprint density at radius 2 is 1.77 bits per heavy atom. The van der Waals surface area contributed by atoms with Crippen LogP contribution in [0.3, 0.4) is 0 Å². The van der Waals surface area contributed by atoms with Gasteiger partial charge in [0.05, 0.1) is 0 Å². The standard InChI is InChI=1S/C24H29N5O/c1-17-6-3-4-9-21(17)22-26-12-18(13-27-22)14-29-15-19-7-5-8-20(16-29)24(19,30)23-25-10-11-28(23)2/h3-4,6,9-13,19-20,30H,5,7-8,14-16H2,1-2H3/t19-,20-/m1/s1. The molecule has 3 aromatic rings. The molecule has 2 bridgehead atoms. The van der Waals surface area contributed by atoms with Crippen LogP contribution in [0.5, 0.6) is 0 Å². The van der Waals surface area contributed by atoms with Crippen LogP contribution in [0, 0.1) is 18.8 Å². The third-order valence-corrected chi connectivity index (χ3v) is 6.98. The molecule has 2 aromatic heterocycles. The van der Waals surface area contributed by atoms with Crippen LogP contribution >= 0.6 is 0 Å². The summed E-state index contributed by atoms with van der Waals surface area (Å²) in [5.41, 5.74) is 2.56. The first-order valence-electron chi connectivity index (χ1n) is 10.8. The molecule has 1 aliphatic heterocycles. The molecule has 156 valence electrons. The summed E-state index contributed by atoms with van der Waals surface area (Å²) in [4.78, 5) is 16.2. The number of benzene rings is 1. The molecule has 30 heavy (non-hydrogen) atoms. The monoisotopic (exact) mass is 403 g/mol. The molecule has 1 saturated carbocycles. The highest BCUT2D eigenvalue weighted by molar-refractivity contribution is 5.59. The van der Waals surface area contributed by atoms with Gasteiger partial charge >= 0.3 is 0 Å². The maximum atomic E-state index is 11.7. The van der Waals surface area contributed by atoms with Gasteiger partial charge in [-0.2, -0.15) is 0 Å². The van der Waals surface area contributed by atoms with Gasteiger partial charge in [0, 0.05) is 74.4 Å². The van der Waals surface area contributed by atoms with Crippen molar-refractivity contribution >= 4 is 0 Å². The zero-order valence-electron chi connectivity index (χ0n) is 17.7. The number of aliphatic hydroxyl groups is 1. The molecule has 0 amide bonds. The van der Waals surface area contributed by atoms with E-state index in [1.54, 1.807) is 6.20 Å². The molecule has 3 heterocycles. The van der Waals surface area contributed by atoms with Crippen LogP contribution in [-0.4, -0.2) is 42.6 Å². The van der Waals surface area contributed by atoms with E-state index in [1.807, 2.05) is 42.3 Å². The summed E-state index contributed by atoms with van der Waals surface area (Å²) in [7, 11) is 1.98. The molecule has 5 rings (SSSR count). The summed E-state index contributed by atoms with van der Waals surface area (Å²) < 4.78 is 1.99. The van der Waals surface area contributed by atoms with E-state index >= 15 is 0 Å². The fourth-order valence-electron chi connectivity index (χ4n) is 5.45. The second kappa shape index (κ2) is 7.60. The van der Waals surface area contributed by atoms with Gasteiger partial charge in [0.2, 0.25) is 0 Å². The summed E-state index contributed by atoms with van der Waals surface area (Å²) in [5.74, 6) is 2.01. The second-order valence-corrected chi connectivity index (χ2v) is 8.94. The van der Waals surface area contributed by atoms with Crippen LogP contribution in [-0.2, 0) is 19.2 Å². The predicted molar refractivity (Wildman–Crippen MR) is 115 cm³/mol. The highest BCUT2D eigenvalue weighted by Crippen LogP contribution is 2.48. The predicted octanol–water partition coefficient (Wildman–Crippen LogP) is 3.31. The van der Waals surface area contributed by atoms with Gasteiger partial charge in [0.25, 0.3) is 0 Å². The lowest BCUT2D eigenvalue weighted by molar-refractivity contribution is -0.155. The van der Waals surface area contributed by atoms with Crippen LogP contribution in [0.1, 0.15) is 36.2 Å². The lowest BCUT2D eigenvalue weighted by Crippen LogP contribution is -2.58. The number of rotatable bonds is 4. The quantitative estimate of drug-likeness (QED) is 0.724. The number of hydrogen-bond acceptors (Lipinski definition) is 5. The maximum Gasteiger partial charge on any atom is 0.159 e. The number of nitrogens with zero attached hydrogens (tertiary/aromatic N) is 5. The topological polar surface area (TPSA) is 67.1 Å². The third kappa shape index (κ3) is 3.24. The molecule has 2 aliphatic rings. The molecule has 1 aromatic carbocycles. The SMILES string of the molecule is Cc1ccccc1-c1ncc(CN2C[C@H]3CCC[C@H](C2)C3(O)c2nccn2C)cn1. The number of aromatic nitrogens is 4. The van der Waals surface area contributed by atoms with Crippen molar-refractivity contribution in [1.82, 2.24) is 24.4 Å². The van der Waals surface area contributed by atoms with Crippen molar-refractivity contribution in [1.29, 1.82) is 0 Å². The number of fused-ring (bicyclic) bond motifs is 2. The Kier molecular flexibility index (Phi) is 4.91. The maximum absolute atomic E-state index is 11.7. The van der Waals surface area contributed by atoms with Gasteiger partial charge in [-0.15, -0.1) is 0 Å². The second-order valence-electron chi connectivity index (χ2n) is 8.94. The first kappa shape index (κ1) is 19.4. The molecule has 6 nitrogen and oxygen atoms in total. The Hall–Kier alpha value is -2.57. The van der Waals surface area contributed by atoms with Crippen LogP contribution < -0.4 is 0 Å². The number of likely N-dealkylation sites (tertiary alicyclic amines) is 1. The zero-order chi connectivity index (χ0) is 20.7. The molecular formula is C24H29N5O. The molecule has 1 N–H and O–H groups in total. The first-order chi connectivity index (χ1) is 14.6. The van der Waals surface area contributed by atoms with Crippen LogP contribution in [0.2, 0.25) is 0 Å². The van der Waals surface area contributed by atoms with Gasteiger partial charge in [-0.3, -0.25) is 4.90 Å². The smallest absolute Gasteiger partial charge is 0.159 e. The number of aryl methyl sites for hydroxylation is 2. The summed E-state index contributed by atoms with van der Waals surface area (Å²) in [6, 6.07) is 8.21.